The maximum absolute atomic E-state index is 11.6. The summed E-state index contributed by atoms with van der Waals surface area (Å²) in [4.78, 5) is 15.3. The second-order valence-corrected chi connectivity index (χ2v) is 3.45. The first kappa shape index (κ1) is 15.7. The molecule has 0 bridgehead atoms. The topological polar surface area (TPSA) is 93.5 Å². The summed E-state index contributed by atoms with van der Waals surface area (Å²) >= 11 is 5.85. The van der Waals surface area contributed by atoms with Gasteiger partial charge in [-0.15, -0.1) is 17.0 Å². The SMILES string of the molecule is Br.NC(N)=NCCNC(=O)c1ccccc1Cl. The van der Waals surface area contributed by atoms with Gasteiger partial charge in [0.15, 0.2) is 5.96 Å². The molecule has 0 aliphatic rings. The molecular formula is C10H14BrClN4O. The molecule has 0 aliphatic heterocycles. The molecule has 0 heterocycles. The minimum atomic E-state index is -0.239. The van der Waals surface area contributed by atoms with Crippen LogP contribution in [-0.2, 0) is 0 Å². The smallest absolute Gasteiger partial charge is 0.252 e. The first-order chi connectivity index (χ1) is 7.61. The third kappa shape index (κ3) is 5.55. The van der Waals surface area contributed by atoms with Crippen LogP contribution in [0.2, 0.25) is 5.02 Å². The van der Waals surface area contributed by atoms with E-state index in [0.29, 0.717) is 23.7 Å². The van der Waals surface area contributed by atoms with Crippen molar-refractivity contribution < 1.29 is 4.79 Å². The van der Waals surface area contributed by atoms with Crippen molar-refractivity contribution in [2.45, 2.75) is 0 Å². The highest BCUT2D eigenvalue weighted by molar-refractivity contribution is 8.93. The van der Waals surface area contributed by atoms with Crippen molar-refractivity contribution in [3.05, 3.63) is 34.9 Å². The minimum absolute atomic E-state index is 0. The van der Waals surface area contributed by atoms with E-state index in [0.717, 1.165) is 0 Å². The summed E-state index contributed by atoms with van der Waals surface area (Å²) in [6.07, 6.45) is 0. The van der Waals surface area contributed by atoms with Gasteiger partial charge < -0.3 is 16.8 Å². The minimum Gasteiger partial charge on any atom is -0.370 e. The van der Waals surface area contributed by atoms with Crippen LogP contribution in [0, 0.1) is 0 Å². The van der Waals surface area contributed by atoms with Crippen molar-refractivity contribution in [1.29, 1.82) is 0 Å². The molecule has 0 saturated heterocycles. The molecule has 1 amide bonds. The zero-order valence-corrected chi connectivity index (χ0v) is 11.5. The second kappa shape index (κ2) is 7.92. The fourth-order valence-electron chi connectivity index (χ4n) is 1.10. The number of nitrogens with one attached hydrogen (secondary N) is 1. The average Bonchev–Trinajstić information content (AvgIpc) is 2.24. The third-order valence-corrected chi connectivity index (χ3v) is 2.14. The van der Waals surface area contributed by atoms with Gasteiger partial charge in [-0.25, -0.2) is 0 Å². The highest BCUT2D eigenvalue weighted by atomic mass is 79.9. The van der Waals surface area contributed by atoms with Crippen LogP contribution in [0.3, 0.4) is 0 Å². The van der Waals surface area contributed by atoms with Gasteiger partial charge in [0.1, 0.15) is 0 Å². The molecule has 0 radical (unpaired) electrons. The van der Waals surface area contributed by atoms with E-state index in [1.807, 2.05) is 0 Å². The molecule has 0 aromatic heterocycles. The van der Waals surface area contributed by atoms with Crippen LogP contribution in [0.25, 0.3) is 0 Å². The van der Waals surface area contributed by atoms with Gasteiger partial charge in [-0.3, -0.25) is 9.79 Å². The van der Waals surface area contributed by atoms with Crippen LogP contribution in [0.4, 0.5) is 0 Å². The number of rotatable bonds is 4. The van der Waals surface area contributed by atoms with Crippen molar-refractivity contribution in [3.8, 4) is 0 Å². The van der Waals surface area contributed by atoms with Crippen LogP contribution in [0.15, 0.2) is 29.3 Å². The first-order valence-corrected chi connectivity index (χ1v) is 5.07. The highest BCUT2D eigenvalue weighted by Crippen LogP contribution is 2.14. The normalized spacial score (nSPS) is 9.00. The Bertz CT molecular complexity index is 407. The molecule has 0 fully saturated rings. The Labute approximate surface area is 115 Å². The number of nitrogens with two attached hydrogens (primary N) is 2. The van der Waals surface area contributed by atoms with Gasteiger partial charge >= 0.3 is 0 Å². The fourth-order valence-corrected chi connectivity index (χ4v) is 1.32. The number of guanidine groups is 1. The summed E-state index contributed by atoms with van der Waals surface area (Å²) in [5.74, 6) is -0.233. The van der Waals surface area contributed by atoms with E-state index in [1.165, 1.54) is 0 Å². The van der Waals surface area contributed by atoms with Gasteiger partial charge in [0.2, 0.25) is 0 Å². The maximum atomic E-state index is 11.6. The predicted molar refractivity (Wildman–Crippen MR) is 74.8 cm³/mol. The van der Waals surface area contributed by atoms with E-state index < -0.39 is 0 Å². The van der Waals surface area contributed by atoms with Crippen LogP contribution >= 0.6 is 28.6 Å². The van der Waals surface area contributed by atoms with E-state index >= 15 is 0 Å². The molecule has 0 saturated carbocycles. The molecule has 17 heavy (non-hydrogen) atoms. The molecule has 1 aromatic rings. The molecule has 0 aliphatic carbocycles. The van der Waals surface area contributed by atoms with E-state index in [4.69, 9.17) is 23.1 Å². The maximum Gasteiger partial charge on any atom is 0.252 e. The standard InChI is InChI=1S/C10H13ClN4O.BrH/c11-8-4-2-1-3-7(8)9(16)14-5-6-15-10(12)13;/h1-4H,5-6H2,(H,14,16)(H4,12,13,15);1H. The van der Waals surface area contributed by atoms with E-state index in [2.05, 4.69) is 10.3 Å². The number of halogens is 2. The lowest BCUT2D eigenvalue weighted by Gasteiger charge is -2.04. The van der Waals surface area contributed by atoms with E-state index in [1.54, 1.807) is 24.3 Å². The molecule has 0 spiro atoms. The molecule has 5 N–H and O–H groups in total. The zero-order chi connectivity index (χ0) is 12.0. The third-order valence-electron chi connectivity index (χ3n) is 1.81. The highest BCUT2D eigenvalue weighted by Gasteiger charge is 2.07. The van der Waals surface area contributed by atoms with Gasteiger partial charge in [0.25, 0.3) is 5.91 Å². The number of carbonyl (C=O) groups excluding carboxylic acids is 1. The summed E-state index contributed by atoms with van der Waals surface area (Å²) in [6.45, 7) is 0.709. The van der Waals surface area contributed by atoms with Gasteiger partial charge in [-0.1, -0.05) is 23.7 Å². The quantitative estimate of drug-likeness (QED) is 0.437. The number of amides is 1. The summed E-state index contributed by atoms with van der Waals surface area (Å²) in [5.41, 5.74) is 10.7. The van der Waals surface area contributed by atoms with Crippen LogP contribution in [0.1, 0.15) is 10.4 Å². The lowest BCUT2D eigenvalue weighted by molar-refractivity contribution is 0.0955. The van der Waals surface area contributed by atoms with Gasteiger partial charge in [0.05, 0.1) is 17.1 Å². The van der Waals surface area contributed by atoms with E-state index in [-0.39, 0.29) is 28.8 Å². The molecule has 0 atom stereocenters. The lowest BCUT2D eigenvalue weighted by Crippen LogP contribution is -2.28. The first-order valence-electron chi connectivity index (χ1n) is 4.69. The molecule has 0 unspecified atom stereocenters. The fraction of sp³-hybridized carbons (Fsp3) is 0.200. The Morgan fingerprint density at radius 1 is 1.35 bits per heavy atom. The van der Waals surface area contributed by atoms with Crippen molar-refractivity contribution in [2.24, 2.45) is 16.5 Å². The molecule has 94 valence electrons. The predicted octanol–water partition coefficient (Wildman–Crippen LogP) is 0.921. The zero-order valence-electron chi connectivity index (χ0n) is 9.02. The molecule has 1 rings (SSSR count). The molecule has 7 heteroatoms. The Hall–Kier alpha value is -1.27. The van der Waals surface area contributed by atoms with Crippen molar-refractivity contribution in [1.82, 2.24) is 5.32 Å². The Kier molecular flexibility index (Phi) is 7.32. The number of hydrogen-bond donors (Lipinski definition) is 3. The number of benzene rings is 1. The number of hydrogen-bond acceptors (Lipinski definition) is 2. The van der Waals surface area contributed by atoms with Gasteiger partial charge in [-0.2, -0.15) is 0 Å². The molecule has 1 aromatic carbocycles. The Balaban J connectivity index is 0.00000256. The van der Waals surface area contributed by atoms with Crippen LogP contribution in [-0.4, -0.2) is 25.0 Å². The molecular weight excluding hydrogens is 307 g/mol. The number of nitrogens with zero attached hydrogens (tertiary/aromatic N) is 1. The second-order valence-electron chi connectivity index (χ2n) is 3.04. The van der Waals surface area contributed by atoms with E-state index in [9.17, 15) is 4.79 Å². The van der Waals surface area contributed by atoms with Gasteiger partial charge in [0, 0.05) is 6.54 Å². The van der Waals surface area contributed by atoms with Crippen LogP contribution in [0.5, 0.6) is 0 Å². The van der Waals surface area contributed by atoms with Crippen molar-refractivity contribution >= 4 is 40.4 Å². The summed E-state index contributed by atoms with van der Waals surface area (Å²) < 4.78 is 0. The summed E-state index contributed by atoms with van der Waals surface area (Å²) in [7, 11) is 0. The van der Waals surface area contributed by atoms with Crippen LogP contribution < -0.4 is 16.8 Å². The van der Waals surface area contributed by atoms with Gasteiger partial charge in [-0.05, 0) is 12.1 Å². The monoisotopic (exact) mass is 320 g/mol. The molecule has 5 nitrogen and oxygen atoms in total. The Morgan fingerprint density at radius 3 is 2.59 bits per heavy atom. The Morgan fingerprint density at radius 2 is 2.00 bits per heavy atom. The number of aliphatic imine (C=N–C) groups is 1. The average molecular weight is 322 g/mol. The lowest BCUT2D eigenvalue weighted by atomic mass is 10.2. The number of carbonyl (C=O) groups is 1. The summed E-state index contributed by atoms with van der Waals surface area (Å²) in [5, 5.41) is 3.07. The summed E-state index contributed by atoms with van der Waals surface area (Å²) in [6, 6.07) is 6.82. The largest absolute Gasteiger partial charge is 0.370 e. The van der Waals surface area contributed by atoms with Crippen molar-refractivity contribution in [3.63, 3.8) is 0 Å². The van der Waals surface area contributed by atoms with Crippen molar-refractivity contribution in [2.75, 3.05) is 13.1 Å².